The van der Waals surface area contributed by atoms with Gasteiger partial charge in [-0.15, -0.1) is 0 Å². The van der Waals surface area contributed by atoms with Gasteiger partial charge in [-0.25, -0.2) is 0 Å². The van der Waals surface area contributed by atoms with Gasteiger partial charge >= 0.3 is 0 Å². The molecule has 0 spiro atoms. The molecule has 1 atom stereocenters. The van der Waals surface area contributed by atoms with Crippen molar-refractivity contribution in [1.82, 2.24) is 5.32 Å². The van der Waals surface area contributed by atoms with Crippen LogP contribution in [0.5, 0.6) is 0 Å². The normalized spacial score (nSPS) is 18.0. The molecule has 0 amide bonds. The number of benzene rings is 1. The van der Waals surface area contributed by atoms with Gasteiger partial charge in [-0.2, -0.15) is 0 Å². The van der Waals surface area contributed by atoms with Crippen molar-refractivity contribution < 1.29 is 14.1 Å². The third-order valence-corrected chi connectivity index (χ3v) is 4.47. The van der Waals surface area contributed by atoms with E-state index >= 15 is 0 Å². The first kappa shape index (κ1) is 16.2. The van der Waals surface area contributed by atoms with Crippen molar-refractivity contribution >= 4 is 21.6 Å². The Hall–Kier alpha value is -1.70. The van der Waals surface area contributed by atoms with Crippen molar-refractivity contribution in [2.24, 2.45) is 0 Å². The summed E-state index contributed by atoms with van der Waals surface area (Å²) in [6.07, 6.45) is 2.19. The highest BCUT2D eigenvalue weighted by Crippen LogP contribution is 2.32. The lowest BCUT2D eigenvalue weighted by molar-refractivity contribution is -0.384. The number of furan rings is 1. The average molecular weight is 381 g/mol. The van der Waals surface area contributed by atoms with Gasteiger partial charge < -0.3 is 14.5 Å². The Bertz CT molecular complexity index is 695. The lowest BCUT2D eigenvalue weighted by Crippen LogP contribution is -2.36. The number of ether oxygens (including phenoxy) is 1. The first-order valence-corrected chi connectivity index (χ1v) is 8.27. The Morgan fingerprint density at radius 3 is 2.91 bits per heavy atom. The van der Waals surface area contributed by atoms with Gasteiger partial charge in [0.1, 0.15) is 11.5 Å². The van der Waals surface area contributed by atoms with Gasteiger partial charge in [-0.1, -0.05) is 0 Å². The van der Waals surface area contributed by atoms with Crippen LogP contribution in [0.3, 0.4) is 0 Å². The quantitative estimate of drug-likeness (QED) is 0.628. The molecule has 0 radical (unpaired) electrons. The molecule has 7 heteroatoms. The van der Waals surface area contributed by atoms with E-state index in [2.05, 4.69) is 21.2 Å². The third-order valence-electron chi connectivity index (χ3n) is 3.82. The molecular weight excluding hydrogens is 364 g/mol. The molecule has 2 heterocycles. The van der Waals surface area contributed by atoms with E-state index in [1.54, 1.807) is 6.07 Å². The van der Waals surface area contributed by atoms with E-state index in [9.17, 15) is 10.1 Å². The highest BCUT2D eigenvalue weighted by atomic mass is 79.9. The van der Waals surface area contributed by atoms with Crippen LogP contribution >= 0.6 is 15.9 Å². The SMILES string of the molecule is O=[N+]([O-])c1ccc(-c2ccc(CNC3CCCOC3)o2)c(Br)c1. The zero-order valence-corrected chi connectivity index (χ0v) is 14.0. The summed E-state index contributed by atoms with van der Waals surface area (Å²) in [5.74, 6) is 1.51. The average Bonchev–Trinajstić information content (AvgIpc) is 3.02. The smallest absolute Gasteiger partial charge is 0.270 e. The summed E-state index contributed by atoms with van der Waals surface area (Å²) in [4.78, 5) is 10.4. The van der Waals surface area contributed by atoms with Gasteiger partial charge in [0.2, 0.25) is 0 Å². The third kappa shape index (κ3) is 3.99. The van der Waals surface area contributed by atoms with Crippen LogP contribution in [0.15, 0.2) is 39.2 Å². The number of halogens is 1. The predicted molar refractivity (Wildman–Crippen MR) is 89.2 cm³/mol. The van der Waals surface area contributed by atoms with Gasteiger partial charge in [0, 0.05) is 34.8 Å². The van der Waals surface area contributed by atoms with E-state index in [1.807, 2.05) is 12.1 Å². The van der Waals surface area contributed by atoms with Crippen molar-refractivity contribution in [3.63, 3.8) is 0 Å². The Morgan fingerprint density at radius 2 is 2.22 bits per heavy atom. The maximum atomic E-state index is 10.8. The van der Waals surface area contributed by atoms with Gasteiger partial charge in [-0.3, -0.25) is 10.1 Å². The molecule has 1 aliphatic rings. The first-order chi connectivity index (χ1) is 11.1. The topological polar surface area (TPSA) is 77.5 Å². The van der Waals surface area contributed by atoms with Crippen LogP contribution in [0.4, 0.5) is 5.69 Å². The molecular formula is C16H17BrN2O4. The van der Waals surface area contributed by atoms with Gasteiger partial charge in [-0.05, 0) is 47.0 Å². The summed E-state index contributed by atoms with van der Waals surface area (Å²) >= 11 is 3.37. The Kier molecular flexibility index (Phi) is 5.09. The molecule has 1 aromatic heterocycles. The number of nitro groups is 1. The van der Waals surface area contributed by atoms with Crippen LogP contribution in [0.2, 0.25) is 0 Å². The summed E-state index contributed by atoms with van der Waals surface area (Å²) < 4.78 is 11.9. The fraction of sp³-hybridized carbons (Fsp3) is 0.375. The van der Waals surface area contributed by atoms with Crippen LogP contribution in [-0.2, 0) is 11.3 Å². The molecule has 122 valence electrons. The van der Waals surface area contributed by atoms with Crippen LogP contribution in [0.1, 0.15) is 18.6 Å². The monoisotopic (exact) mass is 380 g/mol. The second-order valence-electron chi connectivity index (χ2n) is 5.48. The second kappa shape index (κ2) is 7.25. The maximum Gasteiger partial charge on any atom is 0.270 e. The molecule has 2 aromatic rings. The highest BCUT2D eigenvalue weighted by molar-refractivity contribution is 9.10. The van der Waals surface area contributed by atoms with E-state index in [0.29, 0.717) is 22.8 Å². The maximum absolute atomic E-state index is 10.8. The number of rotatable bonds is 5. The zero-order chi connectivity index (χ0) is 16.2. The summed E-state index contributed by atoms with van der Waals surface area (Å²) in [7, 11) is 0. The van der Waals surface area contributed by atoms with Crippen LogP contribution in [0.25, 0.3) is 11.3 Å². The van der Waals surface area contributed by atoms with Crippen molar-refractivity contribution in [3.05, 3.63) is 50.7 Å². The molecule has 1 aliphatic heterocycles. The first-order valence-electron chi connectivity index (χ1n) is 7.47. The zero-order valence-electron chi connectivity index (χ0n) is 12.5. The van der Waals surface area contributed by atoms with Crippen LogP contribution in [0, 0.1) is 10.1 Å². The number of non-ortho nitro benzene ring substituents is 1. The van der Waals surface area contributed by atoms with E-state index in [4.69, 9.17) is 9.15 Å². The van der Waals surface area contributed by atoms with E-state index in [-0.39, 0.29) is 5.69 Å². The Balaban J connectivity index is 1.67. The largest absolute Gasteiger partial charge is 0.460 e. The number of hydrogen-bond donors (Lipinski definition) is 1. The molecule has 0 saturated carbocycles. The molecule has 6 nitrogen and oxygen atoms in total. The van der Waals surface area contributed by atoms with Crippen LogP contribution < -0.4 is 5.32 Å². The van der Waals surface area contributed by atoms with E-state index < -0.39 is 4.92 Å². The van der Waals surface area contributed by atoms with E-state index in [1.165, 1.54) is 12.1 Å². The molecule has 23 heavy (non-hydrogen) atoms. The fourth-order valence-electron chi connectivity index (χ4n) is 2.58. The summed E-state index contributed by atoms with van der Waals surface area (Å²) in [5, 5.41) is 14.2. The summed E-state index contributed by atoms with van der Waals surface area (Å²) in [5.41, 5.74) is 0.842. The van der Waals surface area contributed by atoms with Crippen molar-refractivity contribution in [1.29, 1.82) is 0 Å². The molecule has 0 aliphatic carbocycles. The molecule has 0 bridgehead atoms. The standard InChI is InChI=1S/C16H17BrN2O4/c17-15-8-12(19(20)21)3-5-14(15)16-6-4-13(23-16)9-18-11-2-1-7-22-10-11/h3-6,8,11,18H,1-2,7,9-10H2. The van der Waals surface area contributed by atoms with Crippen molar-refractivity contribution in [2.45, 2.75) is 25.4 Å². The van der Waals surface area contributed by atoms with Gasteiger partial charge in [0.25, 0.3) is 5.69 Å². The molecule has 1 fully saturated rings. The number of nitrogens with one attached hydrogen (secondary N) is 1. The molecule has 1 N–H and O–H groups in total. The van der Waals surface area contributed by atoms with Crippen LogP contribution in [-0.4, -0.2) is 24.2 Å². The predicted octanol–water partition coefficient (Wildman–Crippen LogP) is 3.89. The minimum atomic E-state index is -0.418. The van der Waals surface area contributed by atoms with Crippen molar-refractivity contribution in [3.8, 4) is 11.3 Å². The number of nitrogens with zero attached hydrogens (tertiary/aromatic N) is 1. The van der Waals surface area contributed by atoms with Gasteiger partial charge in [0.05, 0.1) is 18.1 Å². The lowest BCUT2D eigenvalue weighted by atomic mass is 10.1. The second-order valence-corrected chi connectivity index (χ2v) is 6.34. The molecule has 1 unspecified atom stereocenters. The van der Waals surface area contributed by atoms with E-state index in [0.717, 1.165) is 37.4 Å². The summed E-state index contributed by atoms with van der Waals surface area (Å²) in [6.45, 7) is 2.22. The minimum Gasteiger partial charge on any atom is -0.460 e. The fourth-order valence-corrected chi connectivity index (χ4v) is 3.14. The minimum absolute atomic E-state index is 0.0476. The Morgan fingerprint density at radius 1 is 1.35 bits per heavy atom. The molecule has 1 saturated heterocycles. The lowest BCUT2D eigenvalue weighted by Gasteiger charge is -2.22. The Labute approximate surface area is 142 Å². The number of nitro benzene ring substituents is 1. The highest BCUT2D eigenvalue weighted by Gasteiger charge is 2.15. The van der Waals surface area contributed by atoms with Gasteiger partial charge in [0.15, 0.2) is 0 Å². The molecule has 1 aromatic carbocycles. The number of hydrogen-bond acceptors (Lipinski definition) is 5. The summed E-state index contributed by atoms with van der Waals surface area (Å²) in [6, 6.07) is 8.80. The molecule has 3 rings (SSSR count). The van der Waals surface area contributed by atoms with Crippen molar-refractivity contribution in [2.75, 3.05) is 13.2 Å².